The minimum absolute atomic E-state index is 1.02. The lowest BCUT2D eigenvalue weighted by molar-refractivity contribution is 1.14. The molecule has 0 aliphatic rings. The lowest BCUT2D eigenvalue weighted by Gasteiger charge is -2.27. The van der Waals surface area contributed by atoms with Gasteiger partial charge in [-0.3, -0.25) is 0 Å². The molecule has 43 heavy (non-hydrogen) atoms. The van der Waals surface area contributed by atoms with Gasteiger partial charge in [0, 0.05) is 35.5 Å². The SMILES string of the molecule is CCc1ccccc1-c1cccc(N(C)c2ccc(N(c3ccc4ccccc4c3)c3ccc4ccccc4c3)cc2)c1. The predicted molar refractivity (Wildman–Crippen MR) is 185 cm³/mol. The van der Waals surface area contributed by atoms with E-state index in [2.05, 4.69) is 181 Å². The molecular weight excluding hydrogens is 520 g/mol. The van der Waals surface area contributed by atoms with Crippen molar-refractivity contribution in [1.29, 1.82) is 0 Å². The van der Waals surface area contributed by atoms with Gasteiger partial charge in [-0.2, -0.15) is 0 Å². The fraction of sp³-hybridized carbons (Fsp3) is 0.0732. The molecule has 208 valence electrons. The second-order valence-electron chi connectivity index (χ2n) is 11.0. The van der Waals surface area contributed by atoms with Crippen LogP contribution in [-0.4, -0.2) is 7.05 Å². The first-order valence-electron chi connectivity index (χ1n) is 15.0. The largest absolute Gasteiger partial charge is 0.345 e. The van der Waals surface area contributed by atoms with Gasteiger partial charge in [0.25, 0.3) is 0 Å². The first-order chi connectivity index (χ1) is 21.2. The van der Waals surface area contributed by atoms with Crippen LogP contribution in [0, 0.1) is 0 Å². The Morgan fingerprint density at radius 2 is 0.953 bits per heavy atom. The molecule has 0 unspecified atom stereocenters. The summed E-state index contributed by atoms with van der Waals surface area (Å²) in [5.41, 5.74) is 9.62. The highest BCUT2D eigenvalue weighted by Gasteiger charge is 2.15. The molecule has 0 radical (unpaired) electrons. The van der Waals surface area contributed by atoms with Gasteiger partial charge in [-0.05, 0) is 105 Å². The van der Waals surface area contributed by atoms with E-state index in [1.807, 2.05) is 0 Å². The molecule has 0 fully saturated rings. The van der Waals surface area contributed by atoms with Crippen molar-refractivity contribution < 1.29 is 0 Å². The standard InChI is InChI=1S/C41H34N2/c1-3-30-11-8-9-18-41(30)35-16-10-17-38(29-35)42(2)36-23-25-37(26-24-36)43(39-21-19-31-12-4-6-14-33(31)27-39)40-22-20-32-13-5-7-15-34(32)28-40/h4-29H,3H2,1-2H3. The molecule has 0 atom stereocenters. The van der Waals surface area contributed by atoms with Crippen LogP contribution in [0.25, 0.3) is 32.7 Å². The second kappa shape index (κ2) is 11.5. The van der Waals surface area contributed by atoms with E-state index in [0.717, 1.165) is 34.9 Å². The van der Waals surface area contributed by atoms with Crippen molar-refractivity contribution in [3.8, 4) is 11.1 Å². The van der Waals surface area contributed by atoms with E-state index in [1.54, 1.807) is 0 Å². The number of benzene rings is 7. The Bertz CT molecular complexity index is 1960. The Morgan fingerprint density at radius 3 is 1.58 bits per heavy atom. The van der Waals surface area contributed by atoms with Crippen molar-refractivity contribution >= 4 is 50.0 Å². The van der Waals surface area contributed by atoms with Crippen molar-refractivity contribution in [2.75, 3.05) is 16.8 Å². The Kier molecular flexibility index (Phi) is 7.10. The molecule has 0 aliphatic heterocycles. The molecule has 7 aromatic carbocycles. The Morgan fingerprint density at radius 1 is 0.419 bits per heavy atom. The van der Waals surface area contributed by atoms with Crippen molar-refractivity contribution in [1.82, 2.24) is 0 Å². The van der Waals surface area contributed by atoms with Crippen molar-refractivity contribution in [3.63, 3.8) is 0 Å². The normalized spacial score (nSPS) is 11.1. The Hall–Kier alpha value is -5.34. The molecule has 0 saturated heterocycles. The Labute approximate surface area is 254 Å². The molecule has 7 aromatic rings. The molecule has 0 spiro atoms. The first-order valence-corrected chi connectivity index (χ1v) is 15.0. The average Bonchev–Trinajstić information content (AvgIpc) is 3.08. The van der Waals surface area contributed by atoms with Gasteiger partial charge < -0.3 is 9.80 Å². The maximum Gasteiger partial charge on any atom is 0.0468 e. The number of hydrogen-bond acceptors (Lipinski definition) is 2. The third-order valence-corrected chi connectivity index (χ3v) is 8.42. The number of fused-ring (bicyclic) bond motifs is 2. The fourth-order valence-corrected chi connectivity index (χ4v) is 6.05. The maximum atomic E-state index is 2.35. The topological polar surface area (TPSA) is 6.48 Å². The van der Waals surface area contributed by atoms with Gasteiger partial charge in [0.1, 0.15) is 0 Å². The molecule has 0 amide bonds. The first kappa shape index (κ1) is 26.6. The minimum atomic E-state index is 1.02. The van der Waals surface area contributed by atoms with Crippen molar-refractivity contribution in [2.24, 2.45) is 0 Å². The van der Waals surface area contributed by atoms with Gasteiger partial charge in [0.05, 0.1) is 0 Å². The third kappa shape index (κ3) is 5.24. The highest BCUT2D eigenvalue weighted by molar-refractivity contribution is 5.92. The summed E-state index contributed by atoms with van der Waals surface area (Å²) in [6.07, 6.45) is 1.02. The summed E-state index contributed by atoms with van der Waals surface area (Å²) in [6.45, 7) is 2.22. The predicted octanol–water partition coefficient (Wildman–Crippen LogP) is 11.5. The molecule has 2 nitrogen and oxygen atoms in total. The van der Waals surface area contributed by atoms with Crippen LogP contribution < -0.4 is 9.80 Å². The third-order valence-electron chi connectivity index (χ3n) is 8.42. The van der Waals surface area contributed by atoms with Gasteiger partial charge >= 0.3 is 0 Å². The zero-order valence-corrected chi connectivity index (χ0v) is 24.6. The van der Waals surface area contributed by atoms with Crippen molar-refractivity contribution in [2.45, 2.75) is 13.3 Å². The van der Waals surface area contributed by atoms with Crippen LogP contribution in [0.3, 0.4) is 0 Å². The number of aryl methyl sites for hydroxylation is 1. The maximum absolute atomic E-state index is 2.35. The van der Waals surface area contributed by atoms with Crippen LogP contribution >= 0.6 is 0 Å². The summed E-state index contributed by atoms with van der Waals surface area (Å²) < 4.78 is 0. The van der Waals surface area contributed by atoms with Gasteiger partial charge in [-0.25, -0.2) is 0 Å². The number of anilines is 5. The summed E-state index contributed by atoms with van der Waals surface area (Å²) in [6, 6.07) is 57.0. The molecule has 0 aromatic heterocycles. The summed E-state index contributed by atoms with van der Waals surface area (Å²) in [5, 5.41) is 4.94. The molecular formula is C41H34N2. The van der Waals surface area contributed by atoms with E-state index in [-0.39, 0.29) is 0 Å². The molecule has 0 heterocycles. The fourth-order valence-electron chi connectivity index (χ4n) is 6.05. The van der Waals surface area contributed by atoms with Gasteiger partial charge in [-0.15, -0.1) is 0 Å². The van der Waals surface area contributed by atoms with E-state index >= 15 is 0 Å². The zero-order valence-electron chi connectivity index (χ0n) is 24.6. The van der Waals surface area contributed by atoms with Crippen molar-refractivity contribution in [3.05, 3.63) is 163 Å². The molecule has 0 N–H and O–H groups in total. The summed E-state index contributed by atoms with van der Waals surface area (Å²) >= 11 is 0. The van der Waals surface area contributed by atoms with Crippen LogP contribution in [-0.2, 0) is 6.42 Å². The van der Waals surface area contributed by atoms with E-state index in [4.69, 9.17) is 0 Å². The number of hydrogen-bond donors (Lipinski definition) is 0. The van der Waals surface area contributed by atoms with Gasteiger partial charge in [0.15, 0.2) is 0 Å². The lowest BCUT2D eigenvalue weighted by Crippen LogP contribution is -2.12. The molecule has 7 rings (SSSR count). The minimum Gasteiger partial charge on any atom is -0.345 e. The monoisotopic (exact) mass is 554 g/mol. The van der Waals surface area contributed by atoms with Crippen LogP contribution in [0.15, 0.2) is 158 Å². The van der Waals surface area contributed by atoms with E-state index in [9.17, 15) is 0 Å². The summed E-state index contributed by atoms with van der Waals surface area (Å²) in [4.78, 5) is 4.61. The zero-order chi connectivity index (χ0) is 29.2. The molecule has 2 heteroatoms. The smallest absolute Gasteiger partial charge is 0.0468 e. The van der Waals surface area contributed by atoms with Crippen LogP contribution in [0.1, 0.15) is 12.5 Å². The number of nitrogens with zero attached hydrogens (tertiary/aromatic N) is 2. The van der Waals surface area contributed by atoms with Gasteiger partial charge in [0.2, 0.25) is 0 Å². The molecule has 0 saturated carbocycles. The average molecular weight is 555 g/mol. The second-order valence-corrected chi connectivity index (χ2v) is 11.0. The summed E-state index contributed by atoms with van der Waals surface area (Å²) in [5.74, 6) is 0. The van der Waals surface area contributed by atoms with Crippen LogP contribution in [0.5, 0.6) is 0 Å². The highest BCUT2D eigenvalue weighted by Crippen LogP contribution is 2.39. The molecule has 0 aliphatic carbocycles. The molecule has 0 bridgehead atoms. The van der Waals surface area contributed by atoms with E-state index in [1.165, 1.54) is 38.2 Å². The number of rotatable bonds is 7. The van der Waals surface area contributed by atoms with E-state index in [0.29, 0.717) is 0 Å². The quantitative estimate of drug-likeness (QED) is 0.193. The highest BCUT2D eigenvalue weighted by atomic mass is 15.1. The lowest BCUT2D eigenvalue weighted by atomic mass is 9.97. The van der Waals surface area contributed by atoms with Crippen LogP contribution in [0.4, 0.5) is 28.4 Å². The van der Waals surface area contributed by atoms with Crippen LogP contribution in [0.2, 0.25) is 0 Å². The van der Waals surface area contributed by atoms with Gasteiger partial charge in [-0.1, -0.05) is 104 Å². The Balaban J connectivity index is 1.26. The summed E-state index contributed by atoms with van der Waals surface area (Å²) in [7, 11) is 2.14. The van der Waals surface area contributed by atoms with E-state index < -0.39 is 0 Å².